The predicted molar refractivity (Wildman–Crippen MR) is 66.4 cm³/mol. The Morgan fingerprint density at radius 3 is 2.42 bits per heavy atom. The number of nitro benzene ring substituents is 1. The standard InChI is InChI=1S/C10H10FNO5.C2H6/c1-10(2,9(13)17-11)16-8-5-3-4-7(6-8)12(14)15;1-2/h3-6H,1-2H3;1-2H3. The summed E-state index contributed by atoms with van der Waals surface area (Å²) in [5.41, 5.74) is -1.75. The molecule has 0 aromatic heterocycles. The van der Waals surface area contributed by atoms with E-state index in [0.717, 1.165) is 6.07 Å². The van der Waals surface area contributed by atoms with Crippen molar-refractivity contribution < 1.29 is 23.9 Å². The maximum Gasteiger partial charge on any atom is 0.391 e. The van der Waals surface area contributed by atoms with Gasteiger partial charge in [0.2, 0.25) is 5.60 Å². The average molecular weight is 273 g/mol. The molecule has 1 rings (SSSR count). The minimum atomic E-state index is -1.57. The molecule has 0 atom stereocenters. The van der Waals surface area contributed by atoms with Crippen LogP contribution < -0.4 is 4.74 Å². The van der Waals surface area contributed by atoms with E-state index in [2.05, 4.69) is 4.94 Å². The molecule has 106 valence electrons. The van der Waals surface area contributed by atoms with Gasteiger partial charge in [0, 0.05) is 10.6 Å². The molecule has 0 N–H and O–H groups in total. The number of carbonyl (C=O) groups is 1. The second-order valence-corrected chi connectivity index (χ2v) is 3.73. The Morgan fingerprint density at radius 1 is 1.37 bits per heavy atom. The lowest BCUT2D eigenvalue weighted by Gasteiger charge is -2.21. The number of hydrogen-bond donors (Lipinski definition) is 0. The fourth-order valence-electron chi connectivity index (χ4n) is 1.09. The van der Waals surface area contributed by atoms with Crippen molar-refractivity contribution in [2.75, 3.05) is 0 Å². The summed E-state index contributed by atoms with van der Waals surface area (Å²) in [5.74, 6) is -1.14. The van der Waals surface area contributed by atoms with Gasteiger partial charge in [0.1, 0.15) is 5.75 Å². The van der Waals surface area contributed by atoms with Gasteiger partial charge in [-0.3, -0.25) is 15.1 Å². The zero-order chi connectivity index (χ0) is 15.1. The lowest BCUT2D eigenvalue weighted by molar-refractivity contribution is -0.385. The van der Waals surface area contributed by atoms with Gasteiger partial charge in [-0.1, -0.05) is 19.9 Å². The third-order valence-electron chi connectivity index (χ3n) is 1.96. The molecule has 0 unspecified atom stereocenters. The molecule has 0 radical (unpaired) electrons. The molecule has 0 saturated carbocycles. The number of nitro groups is 1. The quantitative estimate of drug-likeness (QED) is 0.621. The molecule has 0 bridgehead atoms. The first-order chi connectivity index (χ1) is 8.86. The Labute approximate surface area is 110 Å². The smallest absolute Gasteiger partial charge is 0.391 e. The predicted octanol–water partition coefficient (Wildman–Crippen LogP) is 3.21. The van der Waals surface area contributed by atoms with Crippen LogP contribution in [-0.4, -0.2) is 16.5 Å². The summed E-state index contributed by atoms with van der Waals surface area (Å²) in [6.07, 6.45) is 0. The van der Waals surface area contributed by atoms with Crippen LogP contribution in [0.1, 0.15) is 27.7 Å². The molecule has 0 fully saturated rings. The molecule has 0 heterocycles. The molecular formula is C12H16FNO5. The summed E-state index contributed by atoms with van der Waals surface area (Å²) < 4.78 is 16.9. The number of rotatable bonds is 4. The lowest BCUT2D eigenvalue weighted by Crippen LogP contribution is -2.38. The minimum absolute atomic E-state index is 0.0783. The molecule has 1 aromatic rings. The van der Waals surface area contributed by atoms with Crippen molar-refractivity contribution in [1.29, 1.82) is 0 Å². The molecule has 19 heavy (non-hydrogen) atoms. The molecule has 0 aliphatic carbocycles. The van der Waals surface area contributed by atoms with Gasteiger partial charge in [-0.15, -0.1) is 0 Å². The number of ether oxygens (including phenoxy) is 1. The number of benzene rings is 1. The van der Waals surface area contributed by atoms with Crippen molar-refractivity contribution in [2.24, 2.45) is 0 Å². The van der Waals surface area contributed by atoms with E-state index < -0.39 is 16.5 Å². The molecule has 0 amide bonds. The Kier molecular flexibility index (Phi) is 6.46. The summed E-state index contributed by atoms with van der Waals surface area (Å²) in [7, 11) is 0. The highest BCUT2D eigenvalue weighted by molar-refractivity contribution is 5.78. The van der Waals surface area contributed by atoms with Gasteiger partial charge >= 0.3 is 5.97 Å². The second-order valence-electron chi connectivity index (χ2n) is 3.73. The van der Waals surface area contributed by atoms with Crippen LogP contribution in [0.2, 0.25) is 0 Å². The maximum atomic E-state index is 11.8. The lowest BCUT2D eigenvalue weighted by atomic mass is 10.1. The highest BCUT2D eigenvalue weighted by Gasteiger charge is 2.33. The molecule has 0 spiro atoms. The Hall–Kier alpha value is -2.18. The number of halogens is 1. The highest BCUT2D eigenvalue weighted by atomic mass is 19.3. The molecule has 1 aromatic carbocycles. The molecule has 0 saturated heterocycles. The summed E-state index contributed by atoms with van der Waals surface area (Å²) in [6.45, 7) is 6.57. The first-order valence-corrected chi connectivity index (χ1v) is 5.63. The van der Waals surface area contributed by atoms with Crippen molar-refractivity contribution >= 4 is 11.7 Å². The summed E-state index contributed by atoms with van der Waals surface area (Å²) in [5, 5.41) is 10.5. The zero-order valence-electron chi connectivity index (χ0n) is 11.2. The van der Waals surface area contributed by atoms with Gasteiger partial charge in [0.15, 0.2) is 0 Å². The highest BCUT2D eigenvalue weighted by Crippen LogP contribution is 2.24. The number of hydrogen-bond acceptors (Lipinski definition) is 5. The van der Waals surface area contributed by atoms with E-state index >= 15 is 0 Å². The fourth-order valence-corrected chi connectivity index (χ4v) is 1.09. The third kappa shape index (κ3) is 4.90. The summed E-state index contributed by atoms with van der Waals surface area (Å²) >= 11 is 0. The van der Waals surface area contributed by atoms with E-state index in [0.29, 0.717) is 0 Å². The summed E-state index contributed by atoms with van der Waals surface area (Å²) in [6, 6.07) is 5.21. The van der Waals surface area contributed by atoms with Crippen LogP contribution in [0.15, 0.2) is 24.3 Å². The first-order valence-electron chi connectivity index (χ1n) is 5.63. The topological polar surface area (TPSA) is 78.7 Å². The van der Waals surface area contributed by atoms with Crippen molar-refractivity contribution in [3.8, 4) is 5.75 Å². The van der Waals surface area contributed by atoms with E-state index in [9.17, 15) is 19.4 Å². The van der Waals surface area contributed by atoms with Crippen LogP contribution in [0, 0.1) is 10.1 Å². The number of carbonyl (C=O) groups excluding carboxylic acids is 1. The normalized spacial score (nSPS) is 9.95. The molecular weight excluding hydrogens is 257 g/mol. The minimum Gasteiger partial charge on any atom is -0.476 e. The molecule has 0 aliphatic heterocycles. The average Bonchev–Trinajstić information content (AvgIpc) is 2.39. The Balaban J connectivity index is 0.00000154. The van der Waals surface area contributed by atoms with Gasteiger partial charge in [-0.25, -0.2) is 4.79 Å². The zero-order valence-corrected chi connectivity index (χ0v) is 11.2. The SMILES string of the molecule is CC.CC(C)(Oc1cccc([N+](=O)[O-])c1)C(=O)OF. The first kappa shape index (κ1) is 16.8. The second kappa shape index (κ2) is 7.30. The van der Waals surface area contributed by atoms with Crippen molar-refractivity contribution in [3.63, 3.8) is 0 Å². The van der Waals surface area contributed by atoms with Gasteiger partial charge in [-0.2, -0.15) is 0 Å². The van der Waals surface area contributed by atoms with Crippen LogP contribution in [0.5, 0.6) is 5.75 Å². The van der Waals surface area contributed by atoms with Crippen molar-refractivity contribution in [3.05, 3.63) is 34.4 Å². The number of non-ortho nitro benzene ring substituents is 1. The molecule has 6 nitrogen and oxygen atoms in total. The van der Waals surface area contributed by atoms with E-state index in [1.165, 1.54) is 32.0 Å². The monoisotopic (exact) mass is 273 g/mol. The largest absolute Gasteiger partial charge is 0.476 e. The van der Waals surface area contributed by atoms with Gasteiger partial charge in [0.05, 0.1) is 11.0 Å². The third-order valence-corrected chi connectivity index (χ3v) is 1.96. The van der Waals surface area contributed by atoms with E-state index in [1.807, 2.05) is 13.8 Å². The van der Waals surface area contributed by atoms with Crippen LogP contribution in [0.3, 0.4) is 0 Å². The van der Waals surface area contributed by atoms with E-state index in [4.69, 9.17) is 4.74 Å². The Morgan fingerprint density at radius 2 is 1.95 bits per heavy atom. The number of nitrogens with zero attached hydrogens (tertiary/aromatic N) is 1. The molecule has 0 aliphatic rings. The van der Waals surface area contributed by atoms with Crippen LogP contribution in [-0.2, 0) is 9.74 Å². The van der Waals surface area contributed by atoms with Crippen LogP contribution >= 0.6 is 0 Å². The van der Waals surface area contributed by atoms with Gasteiger partial charge < -0.3 is 4.74 Å². The molecule has 7 heteroatoms. The van der Waals surface area contributed by atoms with Gasteiger partial charge in [0.25, 0.3) is 5.69 Å². The summed E-state index contributed by atoms with van der Waals surface area (Å²) in [4.78, 5) is 24.0. The maximum absolute atomic E-state index is 11.8. The fraction of sp³-hybridized carbons (Fsp3) is 0.417. The Bertz CT molecular complexity index is 448. The van der Waals surface area contributed by atoms with Crippen molar-refractivity contribution in [2.45, 2.75) is 33.3 Å². The van der Waals surface area contributed by atoms with Crippen LogP contribution in [0.4, 0.5) is 10.2 Å². The van der Waals surface area contributed by atoms with Crippen LogP contribution in [0.25, 0.3) is 0 Å². The van der Waals surface area contributed by atoms with E-state index in [1.54, 1.807) is 0 Å². The van der Waals surface area contributed by atoms with Crippen molar-refractivity contribution in [1.82, 2.24) is 0 Å². The van der Waals surface area contributed by atoms with Gasteiger partial charge in [-0.05, 0) is 19.9 Å². The van der Waals surface area contributed by atoms with E-state index in [-0.39, 0.29) is 11.4 Å².